The summed E-state index contributed by atoms with van der Waals surface area (Å²) in [5.41, 5.74) is 0.982. The highest BCUT2D eigenvalue weighted by Crippen LogP contribution is 2.19. The lowest BCUT2D eigenvalue weighted by Crippen LogP contribution is -2.22. The van der Waals surface area contributed by atoms with Crippen LogP contribution in [0.3, 0.4) is 0 Å². The molecule has 2 aromatic carbocycles. The summed E-state index contributed by atoms with van der Waals surface area (Å²) in [5, 5.41) is 6.77. The third-order valence-corrected chi connectivity index (χ3v) is 5.69. The number of aromatic amines is 1. The summed E-state index contributed by atoms with van der Waals surface area (Å²) in [4.78, 5) is 41.8. The second-order valence-electron chi connectivity index (χ2n) is 6.79. The smallest absolute Gasteiger partial charge is 0.273 e. The van der Waals surface area contributed by atoms with E-state index in [4.69, 9.17) is 0 Å². The van der Waals surface area contributed by atoms with Gasteiger partial charge in [0.15, 0.2) is 5.16 Å². The Labute approximate surface area is 181 Å². The summed E-state index contributed by atoms with van der Waals surface area (Å²) in [6, 6.07) is 17.7. The van der Waals surface area contributed by atoms with Crippen molar-refractivity contribution in [3.8, 4) is 5.69 Å². The minimum atomic E-state index is -0.261. The van der Waals surface area contributed by atoms with Gasteiger partial charge in [-0.05, 0) is 31.2 Å². The predicted octanol–water partition coefficient (Wildman–Crippen LogP) is 3.02. The fraction of sp³-hybridized carbons (Fsp3) is 0.182. The lowest BCUT2D eigenvalue weighted by Gasteiger charge is -2.11. The fourth-order valence-corrected chi connectivity index (χ4v) is 4.21. The number of H-pyrrole nitrogens is 1. The van der Waals surface area contributed by atoms with Gasteiger partial charge in [-0.1, -0.05) is 42.1 Å². The van der Waals surface area contributed by atoms with Crippen LogP contribution in [0.1, 0.15) is 13.3 Å². The molecule has 0 atom stereocenters. The van der Waals surface area contributed by atoms with E-state index in [1.165, 1.54) is 22.5 Å². The number of benzene rings is 2. The Balaban J connectivity index is 1.41. The zero-order valence-electron chi connectivity index (χ0n) is 16.9. The van der Waals surface area contributed by atoms with E-state index in [9.17, 15) is 14.4 Å². The van der Waals surface area contributed by atoms with Crippen molar-refractivity contribution in [1.82, 2.24) is 19.3 Å². The van der Waals surface area contributed by atoms with Crippen LogP contribution in [0.4, 0.5) is 5.82 Å². The van der Waals surface area contributed by atoms with Gasteiger partial charge >= 0.3 is 0 Å². The summed E-state index contributed by atoms with van der Waals surface area (Å²) >= 11 is 1.36. The Bertz CT molecular complexity index is 1340. The molecule has 2 heterocycles. The molecule has 8 nitrogen and oxygen atoms in total. The monoisotopic (exact) mass is 435 g/mol. The van der Waals surface area contributed by atoms with Gasteiger partial charge in [-0.25, -0.2) is 9.67 Å². The van der Waals surface area contributed by atoms with Crippen molar-refractivity contribution in [2.24, 2.45) is 0 Å². The average molecular weight is 436 g/mol. The second-order valence-corrected chi connectivity index (χ2v) is 7.85. The minimum Gasteiger partial charge on any atom is -0.311 e. The first-order valence-electron chi connectivity index (χ1n) is 9.86. The van der Waals surface area contributed by atoms with E-state index < -0.39 is 0 Å². The number of carbonyl (C=O) groups is 1. The molecule has 2 N–H and O–H groups in total. The molecule has 0 saturated carbocycles. The number of amides is 1. The third kappa shape index (κ3) is 4.46. The highest BCUT2D eigenvalue weighted by atomic mass is 32.2. The molecule has 4 aromatic rings. The van der Waals surface area contributed by atoms with Crippen molar-refractivity contribution in [2.75, 3.05) is 11.1 Å². The maximum Gasteiger partial charge on any atom is 0.273 e. The predicted molar refractivity (Wildman–Crippen MR) is 122 cm³/mol. The summed E-state index contributed by atoms with van der Waals surface area (Å²) in [7, 11) is 0. The number of rotatable bonds is 7. The van der Waals surface area contributed by atoms with Gasteiger partial charge < -0.3 is 5.32 Å². The second kappa shape index (κ2) is 9.05. The number of carbonyl (C=O) groups excluding carboxylic acids is 1. The van der Waals surface area contributed by atoms with Crippen molar-refractivity contribution >= 4 is 34.4 Å². The first-order valence-corrected chi connectivity index (χ1v) is 10.8. The molecule has 1 amide bonds. The van der Waals surface area contributed by atoms with Crippen LogP contribution in [-0.4, -0.2) is 31.0 Å². The number of anilines is 1. The Morgan fingerprint density at radius 1 is 1.10 bits per heavy atom. The molecule has 4 rings (SSSR count). The Morgan fingerprint density at radius 3 is 2.61 bits per heavy atom. The molecule has 0 saturated heterocycles. The lowest BCUT2D eigenvalue weighted by molar-refractivity contribution is -0.115. The molecule has 0 bridgehead atoms. The molecule has 0 aliphatic rings. The molecule has 0 aliphatic carbocycles. The molecule has 158 valence electrons. The van der Waals surface area contributed by atoms with E-state index in [1.54, 1.807) is 28.8 Å². The zero-order chi connectivity index (χ0) is 21.8. The lowest BCUT2D eigenvalue weighted by atomic mass is 10.2. The summed E-state index contributed by atoms with van der Waals surface area (Å²) in [6.45, 7) is 2.39. The Morgan fingerprint density at radius 2 is 1.84 bits per heavy atom. The number of para-hydroxylation sites is 2. The molecular formula is C22H21N5O3S. The summed E-state index contributed by atoms with van der Waals surface area (Å²) < 4.78 is 2.98. The van der Waals surface area contributed by atoms with E-state index in [0.29, 0.717) is 39.9 Å². The molecular weight excluding hydrogens is 414 g/mol. The van der Waals surface area contributed by atoms with Crippen LogP contribution < -0.4 is 16.4 Å². The molecule has 0 fully saturated rings. The molecule has 9 heteroatoms. The van der Waals surface area contributed by atoms with E-state index in [2.05, 4.69) is 15.4 Å². The highest BCUT2D eigenvalue weighted by molar-refractivity contribution is 7.99. The molecule has 0 unspecified atom stereocenters. The third-order valence-electron chi connectivity index (χ3n) is 4.71. The molecule has 2 aromatic heterocycles. The average Bonchev–Trinajstić information content (AvgIpc) is 3.14. The summed E-state index contributed by atoms with van der Waals surface area (Å²) in [5.74, 6) is 0.540. The Kier molecular flexibility index (Phi) is 6.03. The van der Waals surface area contributed by atoms with Gasteiger partial charge in [0, 0.05) is 24.8 Å². The quantitative estimate of drug-likeness (QED) is 0.343. The van der Waals surface area contributed by atoms with Crippen LogP contribution in [0.5, 0.6) is 0 Å². The SMILES string of the molecule is CCn1c(SCCC(=O)Nc2cc(=O)n(-c3ccccc3)[nH]2)nc2ccccc2c1=O. The molecule has 0 aliphatic heterocycles. The zero-order valence-corrected chi connectivity index (χ0v) is 17.7. The van der Waals surface area contributed by atoms with Gasteiger partial charge in [-0.15, -0.1) is 0 Å². The maximum absolute atomic E-state index is 12.7. The number of aromatic nitrogens is 4. The van der Waals surface area contributed by atoms with Crippen LogP contribution in [0, 0.1) is 0 Å². The van der Waals surface area contributed by atoms with Crippen LogP contribution in [0.25, 0.3) is 16.6 Å². The van der Waals surface area contributed by atoms with E-state index in [1.807, 2.05) is 37.3 Å². The van der Waals surface area contributed by atoms with Gasteiger partial charge in [0.1, 0.15) is 5.82 Å². The van der Waals surface area contributed by atoms with Gasteiger partial charge in [0.05, 0.1) is 16.6 Å². The van der Waals surface area contributed by atoms with Crippen molar-refractivity contribution in [3.05, 3.63) is 81.4 Å². The van der Waals surface area contributed by atoms with Crippen molar-refractivity contribution in [1.29, 1.82) is 0 Å². The van der Waals surface area contributed by atoms with Gasteiger partial charge in [0.2, 0.25) is 5.91 Å². The van der Waals surface area contributed by atoms with Crippen LogP contribution in [-0.2, 0) is 11.3 Å². The minimum absolute atomic E-state index is 0.0834. The van der Waals surface area contributed by atoms with Gasteiger partial charge in [0.25, 0.3) is 11.1 Å². The van der Waals surface area contributed by atoms with Crippen LogP contribution in [0.2, 0.25) is 0 Å². The number of fused-ring (bicyclic) bond motifs is 1. The normalized spacial score (nSPS) is 11.0. The number of nitrogens with one attached hydrogen (secondary N) is 2. The van der Waals surface area contributed by atoms with E-state index in [-0.39, 0.29) is 23.4 Å². The van der Waals surface area contributed by atoms with Crippen molar-refractivity contribution < 1.29 is 4.79 Å². The topological polar surface area (TPSA) is 102 Å². The largest absolute Gasteiger partial charge is 0.311 e. The number of thioether (sulfide) groups is 1. The molecule has 0 radical (unpaired) electrons. The van der Waals surface area contributed by atoms with Gasteiger partial charge in [-0.3, -0.25) is 24.0 Å². The highest BCUT2D eigenvalue weighted by Gasteiger charge is 2.12. The van der Waals surface area contributed by atoms with Crippen molar-refractivity contribution in [3.63, 3.8) is 0 Å². The molecule has 0 spiro atoms. The van der Waals surface area contributed by atoms with Crippen LogP contribution in [0.15, 0.2) is 75.4 Å². The Hall–Kier alpha value is -3.59. The van der Waals surface area contributed by atoms with Gasteiger partial charge in [-0.2, -0.15) is 0 Å². The standard InChI is InChI=1S/C22H21N5O3S/c1-2-26-21(30)16-10-6-7-11-17(16)23-22(26)31-13-12-19(28)24-18-14-20(29)27(25-18)15-8-4-3-5-9-15/h3-11,14,25H,2,12-13H2,1H3,(H,24,28). The molecule has 31 heavy (non-hydrogen) atoms. The van der Waals surface area contributed by atoms with Crippen LogP contribution >= 0.6 is 11.8 Å². The summed E-state index contributed by atoms with van der Waals surface area (Å²) in [6.07, 6.45) is 0.204. The van der Waals surface area contributed by atoms with E-state index in [0.717, 1.165) is 0 Å². The number of nitrogens with zero attached hydrogens (tertiary/aromatic N) is 3. The fourth-order valence-electron chi connectivity index (χ4n) is 3.21. The first kappa shape index (κ1) is 20.7. The number of hydrogen-bond donors (Lipinski definition) is 2. The maximum atomic E-state index is 12.7. The van der Waals surface area contributed by atoms with E-state index >= 15 is 0 Å². The first-order chi connectivity index (χ1) is 15.1. The van der Waals surface area contributed by atoms with Crippen molar-refractivity contribution in [2.45, 2.75) is 25.0 Å². The number of hydrogen-bond acceptors (Lipinski definition) is 5.